The van der Waals surface area contributed by atoms with Gasteiger partial charge in [-0.15, -0.1) is 13.2 Å². The molecule has 14 nitrogen and oxygen atoms in total. The SMILES string of the molecule is C=CCCOC(=O)N(C)C1CC(=NOCC)C2=CC(CCCCO)C(CCCCO)C3c4cc(OC(=O)Nc5ccc(OC)cc5OC)ccc4OC1(OCC=C)C23. The number of hydrogen-bond acceptors (Lipinski definition) is 12. The Balaban J connectivity index is 1.67. The molecule has 5 rings (SSSR count). The smallest absolute Gasteiger partial charge is 0.417 e. The maximum Gasteiger partial charge on any atom is 0.417 e. The van der Waals surface area contributed by atoms with Crippen molar-refractivity contribution < 1.29 is 53.1 Å². The van der Waals surface area contributed by atoms with Gasteiger partial charge >= 0.3 is 12.2 Å². The summed E-state index contributed by atoms with van der Waals surface area (Å²) in [5.74, 6) is -0.488. The van der Waals surface area contributed by atoms with E-state index in [0.29, 0.717) is 54.5 Å². The molecule has 2 amide bonds. The van der Waals surface area contributed by atoms with Crippen molar-refractivity contribution in [3.05, 3.63) is 78.9 Å². The number of benzene rings is 2. The van der Waals surface area contributed by atoms with Gasteiger partial charge in [0.25, 0.3) is 0 Å². The van der Waals surface area contributed by atoms with Crippen molar-refractivity contribution in [2.24, 2.45) is 22.9 Å². The predicted molar refractivity (Wildman–Crippen MR) is 220 cm³/mol. The number of hydrogen-bond donors (Lipinski definition) is 3. The van der Waals surface area contributed by atoms with Crippen molar-refractivity contribution in [1.82, 2.24) is 4.90 Å². The number of rotatable bonds is 21. The van der Waals surface area contributed by atoms with Gasteiger partial charge in [-0.25, -0.2) is 9.59 Å². The van der Waals surface area contributed by atoms with Crippen LogP contribution in [0.2, 0.25) is 0 Å². The standard InChI is InChI=1S/C44H59N3O11/c1-7-10-24-54-43(51)47(4)39-28-36(46-56-9-3)33-25-29(15-11-13-21-48)32(16-12-14-22-49)40-34-26-31(18-20-37(34)58-44(39,41(33)40)55-23-8-2)57-42(50)45-35-19-17-30(52-5)27-38(35)53-6/h7-8,17-20,25-27,29,32,39-41,48-49H,1-2,9-16,21-24,28H2,3-6H3,(H,45,50). The molecule has 6 unspecified atom stereocenters. The Hall–Kier alpha value is -5.05. The van der Waals surface area contributed by atoms with Crippen LogP contribution in [0.5, 0.6) is 23.0 Å². The summed E-state index contributed by atoms with van der Waals surface area (Å²) < 4.78 is 36.3. The number of fused-ring (bicyclic) bond motifs is 2. The first-order chi connectivity index (χ1) is 28.2. The quantitative estimate of drug-likeness (QED) is 0.0646. The number of unbranched alkanes of at least 4 members (excludes halogenated alkanes) is 2. The molecular weight excluding hydrogens is 746 g/mol. The van der Waals surface area contributed by atoms with Crippen molar-refractivity contribution in [2.45, 2.75) is 76.0 Å². The summed E-state index contributed by atoms with van der Waals surface area (Å²) in [6, 6.07) is 9.57. The highest BCUT2D eigenvalue weighted by Gasteiger charge is 2.65. The zero-order chi connectivity index (χ0) is 41.7. The van der Waals surface area contributed by atoms with Gasteiger partial charge in [0, 0.05) is 44.2 Å². The molecule has 0 radical (unpaired) electrons. The number of aliphatic hydroxyl groups excluding tert-OH is 2. The van der Waals surface area contributed by atoms with E-state index in [4.69, 9.17) is 33.3 Å². The normalized spacial score (nSPS) is 23.6. The molecule has 316 valence electrons. The van der Waals surface area contributed by atoms with E-state index in [1.54, 1.807) is 56.6 Å². The third-order valence-electron chi connectivity index (χ3n) is 11.1. The minimum Gasteiger partial charge on any atom is -0.497 e. The Morgan fingerprint density at radius 1 is 1.02 bits per heavy atom. The molecule has 58 heavy (non-hydrogen) atoms. The van der Waals surface area contributed by atoms with E-state index in [1.807, 2.05) is 13.0 Å². The van der Waals surface area contributed by atoms with Crippen LogP contribution in [0.25, 0.3) is 0 Å². The lowest BCUT2D eigenvalue weighted by Crippen LogP contribution is -2.69. The number of nitrogens with one attached hydrogen (secondary N) is 1. The summed E-state index contributed by atoms with van der Waals surface area (Å²) in [5.41, 5.74) is 2.76. The van der Waals surface area contributed by atoms with E-state index in [1.165, 1.54) is 12.0 Å². The van der Waals surface area contributed by atoms with Gasteiger partial charge in [0.15, 0.2) is 0 Å². The van der Waals surface area contributed by atoms with Crippen LogP contribution < -0.4 is 24.3 Å². The number of amides is 2. The molecule has 2 aliphatic carbocycles. The third kappa shape index (κ3) is 9.79. The van der Waals surface area contributed by atoms with Crippen LogP contribution >= 0.6 is 0 Å². The Morgan fingerprint density at radius 3 is 2.47 bits per heavy atom. The minimum absolute atomic E-state index is 0.0158. The molecule has 1 saturated carbocycles. The molecule has 0 saturated heterocycles. The molecule has 0 bridgehead atoms. The molecule has 0 aromatic heterocycles. The fourth-order valence-corrected chi connectivity index (χ4v) is 8.54. The number of allylic oxidation sites excluding steroid dienone is 1. The van der Waals surface area contributed by atoms with Crippen LogP contribution in [-0.4, -0.2) is 99.1 Å². The second-order valence-corrected chi connectivity index (χ2v) is 14.6. The Kier molecular flexibility index (Phi) is 16.0. The van der Waals surface area contributed by atoms with Gasteiger partial charge in [0.1, 0.15) is 35.6 Å². The monoisotopic (exact) mass is 805 g/mol. The van der Waals surface area contributed by atoms with Crippen LogP contribution in [-0.2, 0) is 14.3 Å². The molecule has 1 heterocycles. The fourth-order valence-electron chi connectivity index (χ4n) is 8.54. The van der Waals surface area contributed by atoms with Crippen LogP contribution in [0, 0.1) is 17.8 Å². The molecule has 6 atom stereocenters. The molecule has 2 aromatic carbocycles. The zero-order valence-electron chi connectivity index (χ0n) is 34.2. The number of oxime groups is 1. The molecule has 1 aliphatic heterocycles. The van der Waals surface area contributed by atoms with Gasteiger partial charge in [-0.3, -0.25) is 5.32 Å². The third-order valence-corrected chi connectivity index (χ3v) is 11.1. The van der Waals surface area contributed by atoms with Gasteiger partial charge < -0.3 is 48.4 Å². The predicted octanol–water partition coefficient (Wildman–Crippen LogP) is 7.61. The number of methoxy groups -OCH3 is 2. The average molecular weight is 806 g/mol. The first kappa shape index (κ1) is 44.1. The fraction of sp³-hybridized carbons (Fsp3) is 0.523. The number of likely N-dealkylation sites (N-methyl/N-ethyl adjacent to an activating group) is 1. The van der Waals surface area contributed by atoms with Crippen molar-refractivity contribution in [1.29, 1.82) is 0 Å². The summed E-state index contributed by atoms with van der Waals surface area (Å²) >= 11 is 0. The van der Waals surface area contributed by atoms with E-state index >= 15 is 0 Å². The summed E-state index contributed by atoms with van der Waals surface area (Å²) in [6.07, 6.45) is 9.39. The summed E-state index contributed by atoms with van der Waals surface area (Å²) in [4.78, 5) is 34.4. The maximum atomic E-state index is 13.7. The highest BCUT2D eigenvalue weighted by Crippen LogP contribution is 2.61. The second kappa shape index (κ2) is 21.1. The number of aliphatic hydroxyl groups is 2. The van der Waals surface area contributed by atoms with E-state index in [2.05, 4.69) is 29.7 Å². The molecule has 0 spiro atoms. The Bertz CT molecular complexity index is 1800. The second-order valence-electron chi connectivity index (χ2n) is 14.6. The van der Waals surface area contributed by atoms with Gasteiger partial charge in [-0.05, 0) is 86.8 Å². The van der Waals surface area contributed by atoms with E-state index in [9.17, 15) is 19.8 Å². The summed E-state index contributed by atoms with van der Waals surface area (Å²) in [5, 5.41) is 27.1. The van der Waals surface area contributed by atoms with E-state index in [-0.39, 0.29) is 56.4 Å². The minimum atomic E-state index is -1.44. The highest BCUT2D eigenvalue weighted by molar-refractivity contribution is 6.03. The molecule has 14 heteroatoms. The van der Waals surface area contributed by atoms with E-state index in [0.717, 1.165) is 36.8 Å². The molecular formula is C44H59N3O11. The number of nitrogens with zero attached hydrogens (tertiary/aromatic N) is 2. The van der Waals surface area contributed by atoms with Gasteiger partial charge in [-0.2, -0.15) is 0 Å². The largest absolute Gasteiger partial charge is 0.497 e. The van der Waals surface area contributed by atoms with E-state index < -0.39 is 29.9 Å². The first-order valence-electron chi connectivity index (χ1n) is 20.1. The lowest BCUT2D eigenvalue weighted by molar-refractivity contribution is -0.253. The maximum absolute atomic E-state index is 13.7. The molecule has 3 N–H and O–H groups in total. The van der Waals surface area contributed by atoms with Crippen LogP contribution in [0.1, 0.15) is 69.8 Å². The Labute approximate surface area is 341 Å². The van der Waals surface area contributed by atoms with Crippen molar-refractivity contribution >= 4 is 23.6 Å². The molecule has 3 aliphatic rings. The number of anilines is 1. The van der Waals surface area contributed by atoms with Gasteiger partial charge in [0.2, 0.25) is 5.79 Å². The van der Waals surface area contributed by atoms with Crippen LogP contribution in [0.4, 0.5) is 15.3 Å². The van der Waals surface area contributed by atoms with Crippen LogP contribution in [0.3, 0.4) is 0 Å². The average Bonchev–Trinajstić information content (AvgIpc) is 3.23. The summed E-state index contributed by atoms with van der Waals surface area (Å²) in [6.45, 7) is 10.3. The molecule has 1 fully saturated rings. The topological polar surface area (TPSA) is 167 Å². The zero-order valence-corrected chi connectivity index (χ0v) is 34.2. The van der Waals surface area contributed by atoms with Gasteiger partial charge in [0.05, 0.1) is 44.8 Å². The lowest BCUT2D eigenvalue weighted by Gasteiger charge is -2.59. The number of carbonyl (C=O) groups excluding carboxylic acids is 2. The van der Waals surface area contributed by atoms with Crippen molar-refractivity contribution in [2.75, 3.05) is 59.6 Å². The first-order valence-corrected chi connectivity index (χ1v) is 20.1. The highest BCUT2D eigenvalue weighted by atomic mass is 16.7. The number of ether oxygens (including phenoxy) is 6. The van der Waals surface area contributed by atoms with Gasteiger partial charge in [-0.1, -0.05) is 36.2 Å². The van der Waals surface area contributed by atoms with Crippen LogP contribution in [0.15, 0.2) is 78.5 Å². The summed E-state index contributed by atoms with van der Waals surface area (Å²) in [7, 11) is 4.72. The lowest BCUT2D eigenvalue weighted by atomic mass is 9.55. The Morgan fingerprint density at radius 2 is 1.78 bits per heavy atom. The van der Waals surface area contributed by atoms with Crippen molar-refractivity contribution in [3.8, 4) is 23.0 Å². The molecule has 2 aromatic rings. The number of carbonyl (C=O) groups is 2. The van der Waals surface area contributed by atoms with Crippen molar-refractivity contribution in [3.63, 3.8) is 0 Å².